The number of likely N-dealkylation sites (N-methyl/N-ethyl adjacent to an activating group) is 1. The van der Waals surface area contributed by atoms with Gasteiger partial charge < -0.3 is 20.3 Å². The largest absolute Gasteiger partial charge is 0.454 e. The molecule has 0 saturated carbocycles. The van der Waals surface area contributed by atoms with Crippen molar-refractivity contribution >= 4 is 23.5 Å². The molecule has 0 fully saturated rings. The van der Waals surface area contributed by atoms with Gasteiger partial charge >= 0.3 is 5.97 Å². The second kappa shape index (κ2) is 11.5. The minimum Gasteiger partial charge on any atom is -0.454 e. The van der Waals surface area contributed by atoms with E-state index in [2.05, 4.69) is 28.5 Å². The maximum absolute atomic E-state index is 11.9. The average Bonchev–Trinajstić information content (AvgIpc) is 2.74. The molecule has 0 radical (unpaired) electrons. The number of hydrogen-bond donors (Lipinski definition) is 2. The second-order valence-electron chi connectivity index (χ2n) is 6.48. The minimum absolute atomic E-state index is 0.294. The third-order valence-corrected chi connectivity index (χ3v) is 4.25. The van der Waals surface area contributed by atoms with Crippen molar-refractivity contribution < 1.29 is 19.1 Å². The number of benzene rings is 2. The first-order valence-corrected chi connectivity index (χ1v) is 9.56. The number of carbonyl (C=O) groups is 3. The van der Waals surface area contributed by atoms with Crippen molar-refractivity contribution in [2.45, 2.75) is 13.8 Å². The zero-order chi connectivity index (χ0) is 21.1. The van der Waals surface area contributed by atoms with Crippen molar-refractivity contribution in [3.63, 3.8) is 0 Å². The van der Waals surface area contributed by atoms with Crippen LogP contribution in [-0.4, -0.2) is 50.6 Å². The van der Waals surface area contributed by atoms with E-state index in [1.54, 1.807) is 30.3 Å². The lowest BCUT2D eigenvalue weighted by Gasteiger charge is -2.23. The van der Waals surface area contributed by atoms with E-state index < -0.39 is 5.97 Å². The SMILES string of the molecule is CCN(CCNC(=O)COC(=O)CNC(=O)c1ccccc1)c1cccc(C)c1. The van der Waals surface area contributed by atoms with Crippen molar-refractivity contribution in [3.05, 3.63) is 65.7 Å². The summed E-state index contributed by atoms with van der Waals surface area (Å²) in [4.78, 5) is 37.6. The van der Waals surface area contributed by atoms with Gasteiger partial charge in [0.05, 0.1) is 0 Å². The molecule has 2 amide bonds. The molecular formula is C22H27N3O4. The van der Waals surface area contributed by atoms with Crippen LogP contribution in [0.2, 0.25) is 0 Å². The van der Waals surface area contributed by atoms with Crippen LogP contribution in [0.1, 0.15) is 22.8 Å². The van der Waals surface area contributed by atoms with Crippen molar-refractivity contribution in [2.75, 3.05) is 37.7 Å². The Hall–Kier alpha value is -3.35. The fourth-order valence-electron chi connectivity index (χ4n) is 2.72. The molecule has 7 heteroatoms. The molecule has 0 bridgehead atoms. The molecule has 154 valence electrons. The lowest BCUT2D eigenvalue weighted by Crippen LogP contribution is -2.38. The van der Waals surface area contributed by atoms with Crippen LogP contribution in [0.3, 0.4) is 0 Å². The van der Waals surface area contributed by atoms with Gasteiger partial charge in [0.15, 0.2) is 6.61 Å². The van der Waals surface area contributed by atoms with Gasteiger partial charge in [-0.1, -0.05) is 30.3 Å². The highest BCUT2D eigenvalue weighted by atomic mass is 16.5. The summed E-state index contributed by atoms with van der Waals surface area (Å²) in [6.45, 7) is 5.31. The maximum atomic E-state index is 11.9. The van der Waals surface area contributed by atoms with E-state index >= 15 is 0 Å². The van der Waals surface area contributed by atoms with E-state index in [1.807, 2.05) is 25.1 Å². The smallest absolute Gasteiger partial charge is 0.325 e. The van der Waals surface area contributed by atoms with Crippen molar-refractivity contribution in [1.29, 1.82) is 0 Å². The predicted octanol–water partition coefficient (Wildman–Crippen LogP) is 1.91. The van der Waals surface area contributed by atoms with E-state index in [4.69, 9.17) is 4.74 Å². The lowest BCUT2D eigenvalue weighted by atomic mass is 10.2. The van der Waals surface area contributed by atoms with Crippen molar-refractivity contribution in [2.24, 2.45) is 0 Å². The number of nitrogens with zero attached hydrogens (tertiary/aromatic N) is 1. The molecule has 0 heterocycles. The first-order valence-electron chi connectivity index (χ1n) is 9.56. The molecular weight excluding hydrogens is 370 g/mol. The van der Waals surface area contributed by atoms with Gasteiger partial charge in [-0.05, 0) is 43.7 Å². The van der Waals surface area contributed by atoms with Crippen LogP contribution >= 0.6 is 0 Å². The number of nitrogens with one attached hydrogen (secondary N) is 2. The average molecular weight is 397 g/mol. The van der Waals surface area contributed by atoms with Gasteiger partial charge in [-0.3, -0.25) is 14.4 Å². The molecule has 7 nitrogen and oxygen atoms in total. The maximum Gasteiger partial charge on any atom is 0.325 e. The Labute approximate surface area is 171 Å². The summed E-state index contributed by atoms with van der Waals surface area (Å²) >= 11 is 0. The quantitative estimate of drug-likeness (QED) is 0.598. The number of aryl methyl sites for hydroxylation is 1. The molecule has 0 aromatic heterocycles. The topological polar surface area (TPSA) is 87.7 Å². The Balaban J connectivity index is 1.64. The first kappa shape index (κ1) is 21.9. The van der Waals surface area contributed by atoms with E-state index in [9.17, 15) is 14.4 Å². The minimum atomic E-state index is -0.667. The number of rotatable bonds is 10. The van der Waals surface area contributed by atoms with Gasteiger partial charge in [0.1, 0.15) is 6.54 Å². The Kier molecular flexibility index (Phi) is 8.69. The Morgan fingerprint density at radius 3 is 2.45 bits per heavy atom. The van der Waals surface area contributed by atoms with Gasteiger partial charge in [0.25, 0.3) is 11.8 Å². The standard InChI is InChI=1S/C22H27N3O4/c1-3-25(19-11-7-8-17(2)14-19)13-12-23-20(26)16-29-21(27)15-24-22(28)18-9-5-4-6-10-18/h4-11,14H,3,12-13,15-16H2,1-2H3,(H,23,26)(H,24,28). The number of amides is 2. The second-order valence-corrected chi connectivity index (χ2v) is 6.48. The number of carbonyl (C=O) groups excluding carboxylic acids is 3. The molecule has 2 aromatic carbocycles. The summed E-state index contributed by atoms with van der Waals surface area (Å²) in [5.74, 6) is -1.42. The van der Waals surface area contributed by atoms with Gasteiger partial charge in [0.2, 0.25) is 0 Å². The van der Waals surface area contributed by atoms with Crippen LogP contribution in [0.15, 0.2) is 54.6 Å². The van der Waals surface area contributed by atoms with Crippen LogP contribution in [0.25, 0.3) is 0 Å². The zero-order valence-corrected chi connectivity index (χ0v) is 16.8. The van der Waals surface area contributed by atoms with Gasteiger partial charge in [0, 0.05) is 30.9 Å². The summed E-state index contributed by atoms with van der Waals surface area (Å²) in [5, 5.41) is 5.19. The van der Waals surface area contributed by atoms with E-state index in [0.29, 0.717) is 18.7 Å². The molecule has 0 aliphatic rings. The van der Waals surface area contributed by atoms with Gasteiger partial charge in [-0.2, -0.15) is 0 Å². The Bertz CT molecular complexity index is 824. The highest BCUT2D eigenvalue weighted by Gasteiger charge is 2.11. The number of anilines is 1. The number of hydrogen-bond acceptors (Lipinski definition) is 5. The molecule has 0 unspecified atom stereocenters. The lowest BCUT2D eigenvalue weighted by molar-refractivity contribution is -0.147. The summed E-state index contributed by atoms with van der Waals surface area (Å²) in [7, 11) is 0. The third-order valence-electron chi connectivity index (χ3n) is 4.25. The highest BCUT2D eigenvalue weighted by molar-refractivity contribution is 5.96. The van der Waals surface area contributed by atoms with E-state index in [-0.39, 0.29) is 25.0 Å². The number of ether oxygens (including phenoxy) is 1. The molecule has 29 heavy (non-hydrogen) atoms. The Morgan fingerprint density at radius 1 is 1.00 bits per heavy atom. The fourth-order valence-corrected chi connectivity index (χ4v) is 2.72. The predicted molar refractivity (Wildman–Crippen MR) is 112 cm³/mol. The van der Waals surface area contributed by atoms with Gasteiger partial charge in [-0.25, -0.2) is 0 Å². The van der Waals surface area contributed by atoms with Crippen molar-refractivity contribution in [1.82, 2.24) is 10.6 Å². The van der Waals surface area contributed by atoms with Crippen molar-refractivity contribution in [3.8, 4) is 0 Å². The van der Waals surface area contributed by atoms with Gasteiger partial charge in [-0.15, -0.1) is 0 Å². The van der Waals surface area contributed by atoms with E-state index in [0.717, 1.165) is 12.2 Å². The van der Waals surface area contributed by atoms with Crippen LogP contribution in [0.5, 0.6) is 0 Å². The molecule has 2 rings (SSSR count). The summed E-state index contributed by atoms with van der Waals surface area (Å²) in [5.41, 5.74) is 2.73. The molecule has 0 saturated heterocycles. The number of esters is 1. The van der Waals surface area contributed by atoms with Crippen LogP contribution in [0.4, 0.5) is 5.69 Å². The summed E-state index contributed by atoms with van der Waals surface area (Å²) in [6, 6.07) is 16.7. The Morgan fingerprint density at radius 2 is 1.76 bits per heavy atom. The van der Waals surface area contributed by atoms with Crippen LogP contribution < -0.4 is 15.5 Å². The molecule has 0 aliphatic carbocycles. The molecule has 0 spiro atoms. The zero-order valence-electron chi connectivity index (χ0n) is 16.8. The van der Waals surface area contributed by atoms with E-state index in [1.165, 1.54) is 5.56 Å². The third kappa shape index (κ3) is 7.65. The molecule has 0 aliphatic heterocycles. The summed E-state index contributed by atoms with van der Waals surface area (Å²) in [6.07, 6.45) is 0. The fraction of sp³-hybridized carbons (Fsp3) is 0.318. The first-order chi connectivity index (χ1) is 14.0. The molecule has 2 aromatic rings. The normalized spacial score (nSPS) is 10.1. The van der Waals surface area contributed by atoms with Crippen LogP contribution in [0, 0.1) is 6.92 Å². The highest BCUT2D eigenvalue weighted by Crippen LogP contribution is 2.14. The molecule has 0 atom stereocenters. The summed E-state index contributed by atoms with van der Waals surface area (Å²) < 4.78 is 4.90. The van der Waals surface area contributed by atoms with Crippen LogP contribution in [-0.2, 0) is 14.3 Å². The monoisotopic (exact) mass is 397 g/mol. The molecule has 2 N–H and O–H groups in total.